The van der Waals surface area contributed by atoms with Crippen molar-refractivity contribution in [3.8, 4) is 11.4 Å². The quantitative estimate of drug-likeness (QED) is 0.513. The van der Waals surface area contributed by atoms with E-state index in [1.165, 1.54) is 10.7 Å². The minimum atomic E-state index is -0.506. The zero-order valence-corrected chi connectivity index (χ0v) is 15.3. The number of thioether (sulfide) groups is 1. The zero-order chi connectivity index (χ0) is 18.7. The number of nitrogens with two attached hydrogens (primary N) is 1. The van der Waals surface area contributed by atoms with Crippen LogP contribution in [0, 0.1) is 5.82 Å². The summed E-state index contributed by atoms with van der Waals surface area (Å²) < 4.78 is 15.1. The minimum absolute atomic E-state index is 0.188. The lowest BCUT2D eigenvalue weighted by molar-refractivity contribution is -0.115. The van der Waals surface area contributed by atoms with Gasteiger partial charge in [-0.05, 0) is 37.3 Å². The second-order valence-electron chi connectivity index (χ2n) is 5.42. The van der Waals surface area contributed by atoms with E-state index in [-0.39, 0.29) is 17.3 Å². The number of carbonyl (C=O) groups is 1. The molecular formula is C17H15ClFN5OS. The zero-order valence-electron chi connectivity index (χ0n) is 13.7. The Hall–Kier alpha value is -2.58. The van der Waals surface area contributed by atoms with Gasteiger partial charge >= 0.3 is 0 Å². The van der Waals surface area contributed by atoms with E-state index < -0.39 is 11.1 Å². The Balaban J connectivity index is 1.73. The fourth-order valence-corrected chi connectivity index (χ4v) is 3.17. The average molecular weight is 392 g/mol. The molecule has 6 nitrogen and oxygen atoms in total. The van der Waals surface area contributed by atoms with Gasteiger partial charge in [-0.3, -0.25) is 4.79 Å². The molecule has 3 rings (SSSR count). The number of nitrogens with zero attached hydrogens (tertiary/aromatic N) is 3. The molecule has 9 heteroatoms. The van der Waals surface area contributed by atoms with Gasteiger partial charge in [-0.25, -0.2) is 9.07 Å². The maximum absolute atomic E-state index is 13.9. The van der Waals surface area contributed by atoms with Crippen LogP contribution in [0.25, 0.3) is 11.4 Å². The Morgan fingerprint density at radius 1 is 1.27 bits per heavy atom. The largest absolute Gasteiger partial charge is 0.335 e. The van der Waals surface area contributed by atoms with E-state index in [4.69, 9.17) is 17.4 Å². The molecule has 1 heterocycles. The van der Waals surface area contributed by atoms with Crippen molar-refractivity contribution >= 4 is 35.0 Å². The Bertz CT molecular complexity index is 948. The number of carbonyl (C=O) groups excluding carboxylic acids is 1. The second kappa shape index (κ2) is 7.76. The second-order valence-corrected chi connectivity index (χ2v) is 7.16. The summed E-state index contributed by atoms with van der Waals surface area (Å²) in [6.07, 6.45) is 0. The fourth-order valence-electron chi connectivity index (χ4n) is 2.21. The van der Waals surface area contributed by atoms with Gasteiger partial charge in [-0.1, -0.05) is 41.6 Å². The molecular weight excluding hydrogens is 377 g/mol. The maximum atomic E-state index is 13.9. The molecule has 2 aromatic carbocycles. The highest BCUT2D eigenvalue weighted by Crippen LogP contribution is 2.26. The summed E-state index contributed by atoms with van der Waals surface area (Å²) in [7, 11) is 0. The van der Waals surface area contributed by atoms with Crippen LogP contribution in [-0.4, -0.2) is 26.0 Å². The van der Waals surface area contributed by atoms with Crippen molar-refractivity contribution in [3.63, 3.8) is 0 Å². The number of rotatable bonds is 5. The van der Waals surface area contributed by atoms with Crippen molar-refractivity contribution in [2.75, 3.05) is 11.2 Å². The smallest absolute Gasteiger partial charge is 0.237 e. The van der Waals surface area contributed by atoms with Crippen molar-refractivity contribution in [3.05, 3.63) is 59.4 Å². The summed E-state index contributed by atoms with van der Waals surface area (Å²) >= 11 is 7.03. The van der Waals surface area contributed by atoms with Crippen LogP contribution in [0.1, 0.15) is 6.92 Å². The molecule has 1 aromatic heterocycles. The Kier molecular flexibility index (Phi) is 5.43. The number of hydrogen-bond acceptors (Lipinski definition) is 5. The first-order valence-corrected chi connectivity index (χ1v) is 8.90. The van der Waals surface area contributed by atoms with Gasteiger partial charge in [0, 0.05) is 10.7 Å². The van der Waals surface area contributed by atoms with Crippen molar-refractivity contribution in [1.29, 1.82) is 0 Å². The highest BCUT2D eigenvalue weighted by molar-refractivity contribution is 8.00. The van der Waals surface area contributed by atoms with Gasteiger partial charge in [-0.2, -0.15) is 0 Å². The standard InChI is InChI=1S/C17H15ClFN5OS/c1-10(16(25)21-12-6-4-5-11(18)9-12)26-17-23-22-15(24(17)20)13-7-2-3-8-14(13)19/h2-10H,20H2,1H3,(H,21,25)/t10-/m1/s1. The monoisotopic (exact) mass is 391 g/mol. The van der Waals surface area contributed by atoms with Crippen molar-refractivity contribution < 1.29 is 9.18 Å². The molecule has 0 saturated heterocycles. The summed E-state index contributed by atoms with van der Waals surface area (Å²) in [6, 6.07) is 13.0. The highest BCUT2D eigenvalue weighted by Gasteiger charge is 2.21. The summed E-state index contributed by atoms with van der Waals surface area (Å²) in [5.74, 6) is 5.48. The summed E-state index contributed by atoms with van der Waals surface area (Å²) in [4.78, 5) is 12.3. The number of halogens is 2. The number of nitrogens with one attached hydrogen (secondary N) is 1. The topological polar surface area (TPSA) is 85.8 Å². The van der Waals surface area contributed by atoms with Crippen LogP contribution in [0.15, 0.2) is 53.7 Å². The molecule has 0 bridgehead atoms. The average Bonchev–Trinajstić information content (AvgIpc) is 2.96. The number of hydrogen-bond donors (Lipinski definition) is 2. The summed E-state index contributed by atoms with van der Waals surface area (Å²) in [5, 5.41) is 11.0. The first-order valence-electron chi connectivity index (χ1n) is 7.64. The van der Waals surface area contributed by atoms with Crippen molar-refractivity contribution in [2.24, 2.45) is 0 Å². The Morgan fingerprint density at radius 3 is 2.77 bits per heavy atom. The van der Waals surface area contributed by atoms with Crippen molar-refractivity contribution in [1.82, 2.24) is 14.9 Å². The third-order valence-electron chi connectivity index (χ3n) is 3.52. The molecule has 1 atom stereocenters. The first-order chi connectivity index (χ1) is 12.5. The molecule has 0 unspecified atom stereocenters. The number of benzene rings is 2. The SMILES string of the molecule is C[C@@H](Sc1nnc(-c2ccccc2F)n1N)C(=O)Nc1cccc(Cl)c1. The van der Waals surface area contributed by atoms with Gasteiger partial charge in [0.25, 0.3) is 0 Å². The van der Waals surface area contributed by atoms with Crippen LogP contribution in [0.3, 0.4) is 0 Å². The Labute approximate surface area is 158 Å². The van der Waals surface area contributed by atoms with Gasteiger partial charge in [0.1, 0.15) is 5.82 Å². The van der Waals surface area contributed by atoms with Gasteiger partial charge in [0.2, 0.25) is 11.1 Å². The van der Waals surface area contributed by atoms with Crippen LogP contribution >= 0.6 is 23.4 Å². The predicted octanol–water partition coefficient (Wildman–Crippen LogP) is 3.57. The van der Waals surface area contributed by atoms with Gasteiger partial charge in [0.05, 0.1) is 10.8 Å². The van der Waals surface area contributed by atoms with Crippen LogP contribution in [0.2, 0.25) is 5.02 Å². The molecule has 0 aliphatic rings. The lowest BCUT2D eigenvalue weighted by Gasteiger charge is -2.11. The van der Waals surface area contributed by atoms with E-state index in [1.807, 2.05) is 0 Å². The first kappa shape index (κ1) is 18.2. The molecule has 0 aliphatic carbocycles. The van der Waals surface area contributed by atoms with Crippen LogP contribution in [-0.2, 0) is 4.79 Å². The van der Waals surface area contributed by atoms with Gasteiger partial charge < -0.3 is 11.2 Å². The Morgan fingerprint density at radius 2 is 2.04 bits per heavy atom. The molecule has 0 spiro atoms. The van der Waals surface area contributed by atoms with E-state index in [9.17, 15) is 9.18 Å². The van der Waals surface area contributed by atoms with E-state index in [0.29, 0.717) is 15.9 Å². The van der Waals surface area contributed by atoms with Gasteiger partial charge in [-0.15, -0.1) is 10.2 Å². The number of anilines is 1. The molecule has 26 heavy (non-hydrogen) atoms. The van der Waals surface area contributed by atoms with E-state index in [2.05, 4.69) is 15.5 Å². The van der Waals surface area contributed by atoms with Crippen molar-refractivity contribution in [2.45, 2.75) is 17.3 Å². The normalized spacial score (nSPS) is 12.0. The molecule has 1 amide bonds. The maximum Gasteiger partial charge on any atom is 0.237 e. The lowest BCUT2D eigenvalue weighted by Crippen LogP contribution is -2.23. The van der Waals surface area contributed by atoms with E-state index in [1.54, 1.807) is 49.4 Å². The van der Waals surface area contributed by atoms with E-state index in [0.717, 1.165) is 11.8 Å². The molecule has 0 radical (unpaired) electrons. The minimum Gasteiger partial charge on any atom is -0.335 e. The molecule has 134 valence electrons. The third kappa shape index (κ3) is 3.97. The molecule has 0 saturated carbocycles. The third-order valence-corrected chi connectivity index (χ3v) is 4.81. The van der Waals surface area contributed by atoms with Crippen LogP contribution in [0.5, 0.6) is 0 Å². The molecule has 0 aliphatic heterocycles. The predicted molar refractivity (Wildman–Crippen MR) is 101 cm³/mol. The number of aromatic nitrogens is 3. The fraction of sp³-hybridized carbons (Fsp3) is 0.118. The highest BCUT2D eigenvalue weighted by atomic mass is 35.5. The number of amides is 1. The number of nitrogen functional groups attached to an aromatic ring is 1. The molecule has 3 N–H and O–H groups in total. The lowest BCUT2D eigenvalue weighted by atomic mass is 10.2. The summed E-state index contributed by atoms with van der Waals surface area (Å²) in [6.45, 7) is 1.71. The van der Waals surface area contributed by atoms with Crippen LogP contribution < -0.4 is 11.2 Å². The summed E-state index contributed by atoms with van der Waals surface area (Å²) in [5.41, 5.74) is 0.835. The molecule has 0 fully saturated rings. The van der Waals surface area contributed by atoms with Crippen LogP contribution in [0.4, 0.5) is 10.1 Å². The van der Waals surface area contributed by atoms with E-state index >= 15 is 0 Å². The van der Waals surface area contributed by atoms with Gasteiger partial charge in [0.15, 0.2) is 5.82 Å². The molecule has 3 aromatic rings.